The van der Waals surface area contributed by atoms with E-state index < -0.39 is 0 Å². The van der Waals surface area contributed by atoms with Crippen LogP contribution in [0.3, 0.4) is 0 Å². The van der Waals surface area contributed by atoms with Crippen LogP contribution in [0.5, 0.6) is 0 Å². The zero-order chi connectivity index (χ0) is 0. The van der Waals surface area contributed by atoms with Crippen LogP contribution in [0, 0.1) is 0 Å². The zero-order valence-electron chi connectivity index (χ0n) is 5.29. The first-order chi connectivity index (χ1) is 0. The molecule has 7 heavy (non-hydrogen) atoms. The quantitative estimate of drug-likeness (QED) is 0.464. The predicted octanol–water partition coefficient (Wildman–Crippen LogP) is -1.35. The predicted molar refractivity (Wildman–Crippen MR) is 17.9 cm³/mol. The molecule has 0 unspecified atom stereocenters. The van der Waals surface area contributed by atoms with E-state index in [1.807, 2.05) is 0 Å². The van der Waals surface area contributed by atoms with Gasteiger partial charge in [-0.15, -0.1) is 0 Å². The normalized spacial score (nSPS) is 0. The topological polar surface area (TPSA) is 0 Å². The number of hydrogen-bond donors (Lipinski definition) is 0. The first kappa shape index (κ1) is 58.8. The van der Waals surface area contributed by atoms with Gasteiger partial charge in [0.2, 0.25) is 0 Å². The fourth-order valence-corrected chi connectivity index (χ4v) is 0. The zero-order valence-corrected chi connectivity index (χ0v) is 14.4. The summed E-state index contributed by atoms with van der Waals surface area (Å²) in [7, 11) is 0. The van der Waals surface area contributed by atoms with Crippen molar-refractivity contribution in [2.24, 2.45) is 0 Å². The Bertz CT molecular complexity index is 26.5. The van der Waals surface area contributed by atoms with Crippen molar-refractivity contribution in [3.05, 3.63) is 0 Å². The summed E-state index contributed by atoms with van der Waals surface area (Å²) in [5, 5.41) is 0. The molecule has 34 valence electrons. The van der Waals surface area contributed by atoms with Crippen LogP contribution in [0.25, 0.3) is 0 Å². The molecule has 0 aliphatic carbocycles. The minimum absolute atomic E-state index is 0. The van der Waals surface area contributed by atoms with Gasteiger partial charge in [0, 0.05) is 110 Å². The van der Waals surface area contributed by atoms with Crippen LogP contribution in [0.2, 0.25) is 0 Å². The maximum absolute atomic E-state index is 0. The third-order valence-electron chi connectivity index (χ3n) is 0. The molecule has 0 amide bonds. The van der Waals surface area contributed by atoms with Gasteiger partial charge in [0.25, 0.3) is 0 Å². The maximum atomic E-state index is 0. The van der Waals surface area contributed by atoms with Crippen molar-refractivity contribution in [3.63, 3.8) is 0 Å². The molecule has 0 aliphatic heterocycles. The van der Waals surface area contributed by atoms with E-state index in [1.165, 1.54) is 0 Å². The van der Waals surface area contributed by atoms with Crippen molar-refractivity contribution >= 4 is 40.4 Å². The Morgan fingerprint density at radius 3 is 1.14 bits per heavy atom. The molecule has 0 spiro atoms. The van der Waals surface area contributed by atoms with E-state index in [1.54, 1.807) is 0 Å². The molecule has 0 aromatic heterocycles. The first-order valence-corrected chi connectivity index (χ1v) is 0. The van der Waals surface area contributed by atoms with Crippen molar-refractivity contribution in [2.45, 2.75) is 0 Å². The second-order valence-electron chi connectivity index (χ2n) is 0. The minimum atomic E-state index is 0. The van der Waals surface area contributed by atoms with E-state index in [0.29, 0.717) is 0 Å². The molecule has 2 radical (unpaired) electrons. The van der Waals surface area contributed by atoms with Gasteiger partial charge in [-0.05, 0) is 0 Å². The summed E-state index contributed by atoms with van der Waals surface area (Å²) < 4.78 is 0. The molecule has 0 aliphatic rings. The van der Waals surface area contributed by atoms with Crippen molar-refractivity contribution in [1.82, 2.24) is 0 Å². The average Bonchev–Trinajstić information content (AvgIpc) is 0. The Labute approximate surface area is 150 Å². The fourth-order valence-electron chi connectivity index (χ4n) is 0. The summed E-state index contributed by atoms with van der Waals surface area (Å²) in [6.45, 7) is 0. The van der Waals surface area contributed by atoms with E-state index in [-0.39, 0.29) is 154 Å². The van der Waals surface area contributed by atoms with Crippen LogP contribution in [0.15, 0.2) is 0 Å². The van der Waals surface area contributed by atoms with Crippen LogP contribution in [0.1, 0.15) is 2.85 Å². The summed E-state index contributed by atoms with van der Waals surface area (Å²) in [5.41, 5.74) is 0. The second kappa shape index (κ2) is 44.4. The molecule has 0 atom stereocenters. The van der Waals surface area contributed by atoms with Gasteiger partial charge in [-0.25, -0.2) is 0 Å². The van der Waals surface area contributed by atoms with E-state index in [2.05, 4.69) is 0 Å². The summed E-state index contributed by atoms with van der Waals surface area (Å²) in [4.78, 5) is 0. The van der Waals surface area contributed by atoms with Crippen LogP contribution >= 0.6 is 0 Å². The van der Waals surface area contributed by atoms with Crippen LogP contribution in [-0.4, -0.2) is 40.4 Å². The number of hydrogen-bond acceptors (Lipinski definition) is 0. The summed E-state index contributed by atoms with van der Waals surface area (Å²) >= 11 is 0. The molecule has 0 aromatic carbocycles. The molecule has 7 heteroatoms. The van der Waals surface area contributed by atoms with Crippen LogP contribution < -0.4 is 0 Å². The van der Waals surface area contributed by atoms with Crippen molar-refractivity contribution in [3.8, 4) is 0 Å². The second-order valence-corrected chi connectivity index (χ2v) is 0. The Hall–Kier alpha value is 4.91. The molecular weight excluding hydrogens is 364 g/mol. The minimum Gasteiger partial charge on any atom is -1.00 e. The van der Waals surface area contributed by atoms with Crippen molar-refractivity contribution < 1.29 is 113 Å². The Morgan fingerprint density at radius 1 is 1.14 bits per heavy atom. The SMILES string of the molecule is [AlH3].[Cu].[H-].[H-].[Mg+2].[Sc].[Ti].[Zn].[Zr]. The average molecular weight is 369 g/mol. The summed E-state index contributed by atoms with van der Waals surface area (Å²) in [6.07, 6.45) is 0. The van der Waals surface area contributed by atoms with Crippen LogP contribution in [-0.2, 0) is 110 Å². The summed E-state index contributed by atoms with van der Waals surface area (Å²) in [5.74, 6) is 0. The van der Waals surface area contributed by atoms with Gasteiger partial charge in [0.05, 0.1) is 0 Å². The van der Waals surface area contributed by atoms with E-state index in [0.717, 1.165) is 0 Å². The van der Waals surface area contributed by atoms with Crippen molar-refractivity contribution in [2.75, 3.05) is 0 Å². The van der Waals surface area contributed by atoms with Gasteiger partial charge in [-0.2, -0.15) is 0 Å². The molecule has 0 nitrogen and oxygen atoms in total. The molecule has 0 N–H and O–H groups in total. The van der Waals surface area contributed by atoms with Gasteiger partial charge >= 0.3 is 23.1 Å². The Kier molecular flexibility index (Phi) is 373. The van der Waals surface area contributed by atoms with Gasteiger partial charge in [-0.1, -0.05) is 0 Å². The fraction of sp³-hybridized carbons (Fsp3) is 0. The van der Waals surface area contributed by atoms with E-state index in [9.17, 15) is 0 Å². The van der Waals surface area contributed by atoms with Gasteiger partial charge in [0.1, 0.15) is 0 Å². The van der Waals surface area contributed by atoms with Crippen LogP contribution in [0.4, 0.5) is 0 Å². The van der Waals surface area contributed by atoms with Gasteiger partial charge in [0.15, 0.2) is 17.4 Å². The standard InChI is InChI=1S/Al.Cu.Mg.Sc.Ti.Zn.Zr.5H/q;;+2;;;;;;;;2*-1. The number of rotatable bonds is 0. The third-order valence-corrected chi connectivity index (χ3v) is 0. The van der Waals surface area contributed by atoms with Crippen molar-refractivity contribution in [1.29, 1.82) is 0 Å². The molecule has 0 saturated carbocycles. The molecule has 0 fully saturated rings. The van der Waals surface area contributed by atoms with Gasteiger partial charge in [-0.3, -0.25) is 0 Å². The summed E-state index contributed by atoms with van der Waals surface area (Å²) in [6, 6.07) is 0. The molecule has 0 heterocycles. The Balaban J connectivity index is 0. The molecule has 0 saturated heterocycles. The molecule has 0 aromatic rings. The monoisotopic (exact) mass is 366 g/mol. The Morgan fingerprint density at radius 2 is 1.14 bits per heavy atom. The first-order valence-electron chi connectivity index (χ1n) is 0. The third kappa shape index (κ3) is 35.9. The van der Waals surface area contributed by atoms with E-state index in [4.69, 9.17) is 0 Å². The molecule has 0 rings (SSSR count). The molecular formula is H5AlCuMgScTiZnZr. The largest absolute Gasteiger partial charge is 2.00 e. The maximum Gasteiger partial charge on any atom is 2.00 e. The van der Waals surface area contributed by atoms with Gasteiger partial charge < -0.3 is 2.85 Å². The smallest absolute Gasteiger partial charge is 1.00 e. The molecule has 0 bridgehead atoms. The van der Waals surface area contributed by atoms with E-state index >= 15 is 0 Å².